The maximum Gasteiger partial charge on any atom is 0.416 e. The highest BCUT2D eigenvalue weighted by atomic mass is 35.5. The summed E-state index contributed by atoms with van der Waals surface area (Å²) in [4.78, 5) is 11.1. The van der Waals surface area contributed by atoms with E-state index in [1.54, 1.807) is 0 Å². The molecule has 0 spiro atoms. The molecular formula is C9H7ClF3NO. The van der Waals surface area contributed by atoms with Crippen molar-refractivity contribution in [2.24, 2.45) is 5.73 Å². The zero-order valence-electron chi connectivity index (χ0n) is 7.44. The van der Waals surface area contributed by atoms with Gasteiger partial charge in [-0.05, 0) is 18.2 Å². The maximum atomic E-state index is 12.3. The molecule has 0 bridgehead atoms. The molecule has 0 aliphatic carbocycles. The zero-order chi connectivity index (χ0) is 11.6. The van der Waals surface area contributed by atoms with Crippen LogP contribution < -0.4 is 5.73 Å². The van der Waals surface area contributed by atoms with E-state index >= 15 is 0 Å². The van der Waals surface area contributed by atoms with Crippen LogP contribution in [0.1, 0.15) is 15.9 Å². The van der Waals surface area contributed by atoms with E-state index in [2.05, 4.69) is 0 Å². The van der Waals surface area contributed by atoms with Gasteiger partial charge in [-0.3, -0.25) is 4.79 Å². The Morgan fingerprint density at radius 1 is 1.40 bits per heavy atom. The molecule has 2 N–H and O–H groups in total. The van der Waals surface area contributed by atoms with Crippen molar-refractivity contribution >= 4 is 17.4 Å². The summed E-state index contributed by atoms with van der Waals surface area (Å²) in [5.41, 5.74) is 3.93. The number of hydrogen-bond donors (Lipinski definition) is 1. The van der Waals surface area contributed by atoms with Gasteiger partial charge >= 0.3 is 6.18 Å². The van der Waals surface area contributed by atoms with Gasteiger partial charge in [0.25, 0.3) is 0 Å². The number of benzene rings is 1. The van der Waals surface area contributed by atoms with E-state index in [9.17, 15) is 18.0 Å². The first kappa shape index (κ1) is 12.0. The lowest BCUT2D eigenvalue weighted by Crippen LogP contribution is -2.15. The molecule has 0 aliphatic heterocycles. The SMILES string of the molecule is NCC(=O)c1cc(C(F)(F)F)ccc1Cl. The lowest BCUT2D eigenvalue weighted by Gasteiger charge is -2.09. The van der Waals surface area contributed by atoms with Crippen LogP contribution in [0.15, 0.2) is 18.2 Å². The van der Waals surface area contributed by atoms with Gasteiger partial charge in [-0.2, -0.15) is 13.2 Å². The second kappa shape index (κ2) is 4.20. The van der Waals surface area contributed by atoms with Crippen LogP contribution in [0.25, 0.3) is 0 Å². The van der Waals surface area contributed by atoms with Gasteiger partial charge in [-0.1, -0.05) is 11.6 Å². The average molecular weight is 238 g/mol. The highest BCUT2D eigenvalue weighted by Gasteiger charge is 2.31. The van der Waals surface area contributed by atoms with Crippen LogP contribution in [0.4, 0.5) is 13.2 Å². The first-order valence-corrected chi connectivity index (χ1v) is 4.34. The van der Waals surface area contributed by atoms with Gasteiger partial charge in [0.15, 0.2) is 5.78 Å². The molecule has 15 heavy (non-hydrogen) atoms. The summed E-state index contributed by atoms with van der Waals surface area (Å²) in [5, 5.41) is -0.0292. The fourth-order valence-electron chi connectivity index (χ4n) is 1.03. The quantitative estimate of drug-likeness (QED) is 0.803. The topological polar surface area (TPSA) is 43.1 Å². The van der Waals surface area contributed by atoms with E-state index in [-0.39, 0.29) is 17.1 Å². The number of carbonyl (C=O) groups excluding carboxylic acids is 1. The molecule has 6 heteroatoms. The minimum atomic E-state index is -4.49. The highest BCUT2D eigenvalue weighted by Crippen LogP contribution is 2.31. The number of carbonyl (C=O) groups is 1. The lowest BCUT2D eigenvalue weighted by molar-refractivity contribution is -0.137. The van der Waals surface area contributed by atoms with Gasteiger partial charge in [0.1, 0.15) is 0 Å². The fourth-order valence-corrected chi connectivity index (χ4v) is 1.25. The molecule has 0 aliphatic rings. The summed E-state index contributed by atoms with van der Waals surface area (Å²) in [7, 11) is 0. The number of rotatable bonds is 2. The number of hydrogen-bond acceptors (Lipinski definition) is 2. The smallest absolute Gasteiger partial charge is 0.324 e. The van der Waals surface area contributed by atoms with Gasteiger partial charge in [0.2, 0.25) is 0 Å². The van der Waals surface area contributed by atoms with Crippen molar-refractivity contribution in [3.05, 3.63) is 34.3 Å². The Morgan fingerprint density at radius 3 is 2.47 bits per heavy atom. The number of halogens is 4. The van der Waals surface area contributed by atoms with Gasteiger partial charge in [0.05, 0.1) is 17.1 Å². The minimum Gasteiger partial charge on any atom is -0.324 e. The molecule has 82 valence electrons. The van der Waals surface area contributed by atoms with Crippen molar-refractivity contribution in [1.82, 2.24) is 0 Å². The predicted molar refractivity (Wildman–Crippen MR) is 49.8 cm³/mol. The third-order valence-corrected chi connectivity index (χ3v) is 2.11. The number of alkyl halides is 3. The summed E-state index contributed by atoms with van der Waals surface area (Å²) in [6.45, 7) is -0.374. The van der Waals surface area contributed by atoms with Crippen LogP contribution in [-0.4, -0.2) is 12.3 Å². The molecule has 0 amide bonds. The van der Waals surface area contributed by atoms with E-state index in [1.165, 1.54) is 0 Å². The molecule has 0 aromatic heterocycles. The Bertz CT molecular complexity index is 389. The van der Waals surface area contributed by atoms with E-state index < -0.39 is 17.5 Å². The van der Waals surface area contributed by atoms with Crippen LogP contribution in [0.5, 0.6) is 0 Å². The zero-order valence-corrected chi connectivity index (χ0v) is 8.19. The molecule has 0 fully saturated rings. The number of nitrogens with two attached hydrogens (primary N) is 1. The van der Waals surface area contributed by atoms with Crippen molar-refractivity contribution in [2.75, 3.05) is 6.54 Å². The number of ketones is 1. The molecule has 0 unspecified atom stereocenters. The minimum absolute atomic E-state index is 0.0292. The van der Waals surface area contributed by atoms with Gasteiger partial charge in [-0.15, -0.1) is 0 Å². The van der Waals surface area contributed by atoms with Gasteiger partial charge in [-0.25, -0.2) is 0 Å². The fraction of sp³-hybridized carbons (Fsp3) is 0.222. The standard InChI is InChI=1S/C9H7ClF3NO/c10-7-2-1-5(9(11,12)13)3-6(7)8(15)4-14/h1-3H,4,14H2. The normalized spacial score (nSPS) is 11.5. The second-order valence-corrected chi connectivity index (χ2v) is 3.23. The van der Waals surface area contributed by atoms with Crippen molar-refractivity contribution in [3.8, 4) is 0 Å². The van der Waals surface area contributed by atoms with Crippen molar-refractivity contribution < 1.29 is 18.0 Å². The molecular weight excluding hydrogens is 231 g/mol. The molecule has 0 saturated carbocycles. The lowest BCUT2D eigenvalue weighted by atomic mass is 10.1. The highest BCUT2D eigenvalue weighted by molar-refractivity contribution is 6.34. The summed E-state index contributed by atoms with van der Waals surface area (Å²) < 4.78 is 36.8. The van der Waals surface area contributed by atoms with Crippen LogP contribution in [0, 0.1) is 0 Å². The van der Waals surface area contributed by atoms with Crippen molar-refractivity contribution in [1.29, 1.82) is 0 Å². The maximum absolute atomic E-state index is 12.3. The van der Waals surface area contributed by atoms with Crippen LogP contribution in [0.2, 0.25) is 5.02 Å². The molecule has 0 atom stereocenters. The first-order valence-electron chi connectivity index (χ1n) is 3.96. The summed E-state index contributed by atoms with van der Waals surface area (Å²) in [6, 6.07) is 2.56. The molecule has 1 aromatic rings. The third-order valence-electron chi connectivity index (χ3n) is 1.78. The molecule has 1 aromatic carbocycles. The third kappa shape index (κ3) is 2.70. The van der Waals surface area contributed by atoms with Crippen LogP contribution in [0.3, 0.4) is 0 Å². The molecule has 0 heterocycles. The van der Waals surface area contributed by atoms with Gasteiger partial charge in [0, 0.05) is 5.56 Å². The predicted octanol–water partition coefficient (Wildman–Crippen LogP) is 2.50. The van der Waals surface area contributed by atoms with Crippen molar-refractivity contribution in [2.45, 2.75) is 6.18 Å². The Labute approximate surface area is 88.8 Å². The number of Topliss-reactive ketones (excluding diaryl/α,β-unsaturated/α-hetero) is 1. The van der Waals surface area contributed by atoms with Gasteiger partial charge < -0.3 is 5.73 Å². The van der Waals surface area contributed by atoms with E-state index in [1.807, 2.05) is 0 Å². The molecule has 0 radical (unpaired) electrons. The summed E-state index contributed by atoms with van der Waals surface area (Å²) in [6.07, 6.45) is -4.49. The Hall–Kier alpha value is -1.07. The van der Waals surface area contributed by atoms with Crippen LogP contribution >= 0.6 is 11.6 Å². The van der Waals surface area contributed by atoms with Crippen LogP contribution in [-0.2, 0) is 6.18 Å². The van der Waals surface area contributed by atoms with E-state index in [4.69, 9.17) is 17.3 Å². The Morgan fingerprint density at radius 2 is 2.00 bits per heavy atom. The summed E-state index contributed by atoms with van der Waals surface area (Å²) >= 11 is 5.58. The molecule has 2 nitrogen and oxygen atoms in total. The second-order valence-electron chi connectivity index (χ2n) is 2.82. The average Bonchev–Trinajstić information content (AvgIpc) is 2.15. The van der Waals surface area contributed by atoms with E-state index in [0.717, 1.165) is 12.1 Å². The Balaban J connectivity index is 3.23. The van der Waals surface area contributed by atoms with Crippen molar-refractivity contribution in [3.63, 3.8) is 0 Å². The molecule has 1 rings (SSSR count). The first-order chi connectivity index (χ1) is 6.86. The summed E-state index contributed by atoms with van der Waals surface area (Å²) in [5.74, 6) is -0.619. The largest absolute Gasteiger partial charge is 0.416 e. The Kier molecular flexibility index (Phi) is 3.36. The van der Waals surface area contributed by atoms with E-state index in [0.29, 0.717) is 6.07 Å². The molecule has 0 saturated heterocycles. The monoisotopic (exact) mass is 237 g/mol.